The van der Waals surface area contributed by atoms with Crippen molar-refractivity contribution < 1.29 is 13.9 Å². The fourth-order valence-corrected chi connectivity index (χ4v) is 1.83. The minimum Gasteiger partial charge on any atom is -0.497 e. The first-order chi connectivity index (χ1) is 9.72. The number of hydrogen-bond donors (Lipinski definition) is 1. The van der Waals surface area contributed by atoms with Gasteiger partial charge < -0.3 is 14.8 Å². The molecule has 0 heterocycles. The van der Waals surface area contributed by atoms with Crippen molar-refractivity contribution in [2.24, 2.45) is 0 Å². The van der Waals surface area contributed by atoms with Gasteiger partial charge in [0.15, 0.2) is 0 Å². The van der Waals surface area contributed by atoms with Gasteiger partial charge in [0.2, 0.25) is 0 Å². The molecular formula is C16H18FNO2. The molecule has 0 saturated carbocycles. The molecule has 0 aliphatic heterocycles. The summed E-state index contributed by atoms with van der Waals surface area (Å²) < 4.78 is 24.1. The highest BCUT2D eigenvalue weighted by Crippen LogP contribution is 2.19. The second kappa shape index (κ2) is 6.80. The van der Waals surface area contributed by atoms with E-state index in [-0.39, 0.29) is 5.82 Å². The third kappa shape index (κ3) is 3.63. The van der Waals surface area contributed by atoms with E-state index >= 15 is 0 Å². The number of anilines is 1. The fraction of sp³-hybridized carbons (Fsp3) is 0.250. The van der Waals surface area contributed by atoms with E-state index in [0.29, 0.717) is 24.5 Å². The maximum Gasteiger partial charge on any atom is 0.131 e. The lowest BCUT2D eigenvalue weighted by Gasteiger charge is -2.09. The van der Waals surface area contributed by atoms with Gasteiger partial charge >= 0.3 is 0 Å². The number of halogens is 1. The summed E-state index contributed by atoms with van der Waals surface area (Å²) >= 11 is 0. The minimum absolute atomic E-state index is 0.275. The quantitative estimate of drug-likeness (QED) is 0.868. The number of benzene rings is 2. The standard InChI is InChI=1S/C16H18FNO2/c1-3-20-14-8-5-13(6-9-14)18-11-12-4-7-15(19-2)10-16(12)17/h4-10,18H,3,11H2,1-2H3. The summed E-state index contributed by atoms with van der Waals surface area (Å²) in [6, 6.07) is 12.4. The monoisotopic (exact) mass is 275 g/mol. The first kappa shape index (κ1) is 14.2. The summed E-state index contributed by atoms with van der Waals surface area (Å²) in [5, 5.41) is 3.17. The average molecular weight is 275 g/mol. The van der Waals surface area contributed by atoms with Gasteiger partial charge in [-0.3, -0.25) is 0 Å². The lowest BCUT2D eigenvalue weighted by molar-refractivity contribution is 0.340. The van der Waals surface area contributed by atoms with Crippen LogP contribution in [0.15, 0.2) is 42.5 Å². The molecule has 0 aliphatic rings. The fourth-order valence-electron chi connectivity index (χ4n) is 1.83. The maximum atomic E-state index is 13.8. The third-order valence-corrected chi connectivity index (χ3v) is 2.91. The maximum absolute atomic E-state index is 13.8. The second-order valence-corrected chi connectivity index (χ2v) is 4.27. The number of nitrogens with one attached hydrogen (secondary N) is 1. The largest absolute Gasteiger partial charge is 0.497 e. The Labute approximate surface area is 118 Å². The van der Waals surface area contributed by atoms with Gasteiger partial charge in [0, 0.05) is 23.9 Å². The molecule has 0 unspecified atom stereocenters. The van der Waals surface area contributed by atoms with Gasteiger partial charge in [-0.05, 0) is 37.3 Å². The third-order valence-electron chi connectivity index (χ3n) is 2.91. The predicted octanol–water partition coefficient (Wildman–Crippen LogP) is 3.85. The van der Waals surface area contributed by atoms with Crippen molar-refractivity contribution in [1.29, 1.82) is 0 Å². The predicted molar refractivity (Wildman–Crippen MR) is 77.9 cm³/mol. The van der Waals surface area contributed by atoms with E-state index in [1.54, 1.807) is 12.1 Å². The molecule has 0 bridgehead atoms. The van der Waals surface area contributed by atoms with Crippen molar-refractivity contribution in [3.63, 3.8) is 0 Å². The zero-order valence-electron chi connectivity index (χ0n) is 11.7. The molecule has 1 N–H and O–H groups in total. The average Bonchev–Trinajstić information content (AvgIpc) is 2.48. The first-order valence-corrected chi connectivity index (χ1v) is 6.52. The molecule has 0 aromatic heterocycles. The van der Waals surface area contributed by atoms with Crippen molar-refractivity contribution in [2.75, 3.05) is 19.0 Å². The van der Waals surface area contributed by atoms with Gasteiger partial charge in [-0.15, -0.1) is 0 Å². The Morgan fingerprint density at radius 3 is 2.35 bits per heavy atom. The van der Waals surface area contributed by atoms with E-state index in [1.807, 2.05) is 31.2 Å². The van der Waals surface area contributed by atoms with E-state index in [4.69, 9.17) is 9.47 Å². The van der Waals surface area contributed by atoms with Gasteiger partial charge in [0.1, 0.15) is 17.3 Å². The lowest BCUT2D eigenvalue weighted by atomic mass is 10.2. The lowest BCUT2D eigenvalue weighted by Crippen LogP contribution is -2.02. The van der Waals surface area contributed by atoms with Crippen LogP contribution in [-0.2, 0) is 6.54 Å². The van der Waals surface area contributed by atoms with Crippen LogP contribution in [0.2, 0.25) is 0 Å². The van der Waals surface area contributed by atoms with Crippen LogP contribution in [0.5, 0.6) is 11.5 Å². The van der Waals surface area contributed by atoms with Crippen molar-refractivity contribution in [2.45, 2.75) is 13.5 Å². The molecule has 0 fully saturated rings. The minimum atomic E-state index is -0.275. The van der Waals surface area contributed by atoms with E-state index in [2.05, 4.69) is 5.32 Å². The highest BCUT2D eigenvalue weighted by Gasteiger charge is 2.04. The van der Waals surface area contributed by atoms with E-state index in [1.165, 1.54) is 13.2 Å². The Kier molecular flexibility index (Phi) is 4.82. The SMILES string of the molecule is CCOc1ccc(NCc2ccc(OC)cc2F)cc1. The Balaban J connectivity index is 1.97. The molecule has 0 atom stereocenters. The zero-order chi connectivity index (χ0) is 14.4. The van der Waals surface area contributed by atoms with Crippen LogP contribution in [0.4, 0.5) is 10.1 Å². The van der Waals surface area contributed by atoms with Crippen LogP contribution in [0.25, 0.3) is 0 Å². The van der Waals surface area contributed by atoms with Gasteiger partial charge in [0.05, 0.1) is 13.7 Å². The summed E-state index contributed by atoms with van der Waals surface area (Å²) in [4.78, 5) is 0. The summed E-state index contributed by atoms with van der Waals surface area (Å²) in [5.41, 5.74) is 1.52. The number of rotatable bonds is 6. The summed E-state index contributed by atoms with van der Waals surface area (Å²) in [7, 11) is 1.52. The molecule has 2 aromatic rings. The zero-order valence-corrected chi connectivity index (χ0v) is 11.7. The Bertz CT molecular complexity index is 555. The normalized spacial score (nSPS) is 10.2. The van der Waals surface area contributed by atoms with Crippen LogP contribution >= 0.6 is 0 Å². The highest BCUT2D eigenvalue weighted by molar-refractivity contribution is 5.47. The Hall–Kier alpha value is -2.23. The molecule has 106 valence electrons. The van der Waals surface area contributed by atoms with E-state index in [0.717, 1.165) is 11.4 Å². The van der Waals surface area contributed by atoms with Crippen LogP contribution < -0.4 is 14.8 Å². The number of methoxy groups -OCH3 is 1. The molecule has 0 spiro atoms. The van der Waals surface area contributed by atoms with Gasteiger partial charge in [-0.1, -0.05) is 6.07 Å². The van der Waals surface area contributed by atoms with Crippen LogP contribution in [0.3, 0.4) is 0 Å². The molecule has 2 rings (SSSR count). The molecule has 0 amide bonds. The summed E-state index contributed by atoms with van der Waals surface area (Å²) in [6.45, 7) is 3.01. The number of hydrogen-bond acceptors (Lipinski definition) is 3. The van der Waals surface area contributed by atoms with Gasteiger partial charge in [-0.25, -0.2) is 4.39 Å². The molecule has 3 nitrogen and oxygen atoms in total. The Morgan fingerprint density at radius 1 is 1.05 bits per heavy atom. The molecule has 0 aliphatic carbocycles. The van der Waals surface area contributed by atoms with E-state index < -0.39 is 0 Å². The summed E-state index contributed by atoms with van der Waals surface area (Å²) in [6.07, 6.45) is 0. The molecule has 2 aromatic carbocycles. The molecule has 0 saturated heterocycles. The van der Waals surface area contributed by atoms with E-state index in [9.17, 15) is 4.39 Å². The van der Waals surface area contributed by atoms with Crippen molar-refractivity contribution in [3.8, 4) is 11.5 Å². The molecule has 20 heavy (non-hydrogen) atoms. The topological polar surface area (TPSA) is 30.5 Å². The first-order valence-electron chi connectivity index (χ1n) is 6.52. The molecular weight excluding hydrogens is 257 g/mol. The Morgan fingerprint density at radius 2 is 1.75 bits per heavy atom. The van der Waals surface area contributed by atoms with Crippen LogP contribution in [-0.4, -0.2) is 13.7 Å². The molecule has 0 radical (unpaired) electrons. The number of ether oxygens (including phenoxy) is 2. The van der Waals surface area contributed by atoms with Crippen LogP contribution in [0.1, 0.15) is 12.5 Å². The van der Waals surface area contributed by atoms with Crippen LogP contribution in [0, 0.1) is 5.82 Å². The highest BCUT2D eigenvalue weighted by atomic mass is 19.1. The summed E-state index contributed by atoms with van der Waals surface area (Å²) in [5.74, 6) is 1.07. The van der Waals surface area contributed by atoms with Gasteiger partial charge in [0.25, 0.3) is 0 Å². The van der Waals surface area contributed by atoms with Crippen molar-refractivity contribution in [3.05, 3.63) is 53.8 Å². The van der Waals surface area contributed by atoms with Crippen molar-refractivity contribution >= 4 is 5.69 Å². The van der Waals surface area contributed by atoms with Gasteiger partial charge in [-0.2, -0.15) is 0 Å². The van der Waals surface area contributed by atoms with Crippen molar-refractivity contribution in [1.82, 2.24) is 0 Å². The molecule has 4 heteroatoms. The smallest absolute Gasteiger partial charge is 0.131 e. The second-order valence-electron chi connectivity index (χ2n) is 4.27.